The Bertz CT molecular complexity index is 870. The molecule has 4 fully saturated rings. The van der Waals surface area contributed by atoms with Gasteiger partial charge in [-0.1, -0.05) is 13.0 Å². The van der Waals surface area contributed by atoms with Crippen LogP contribution in [0.2, 0.25) is 0 Å². The van der Waals surface area contributed by atoms with E-state index in [0.29, 0.717) is 37.3 Å². The lowest BCUT2D eigenvalue weighted by Gasteiger charge is -2.57. The van der Waals surface area contributed by atoms with Crippen LogP contribution in [-0.2, 0) is 16.0 Å². The van der Waals surface area contributed by atoms with Crippen molar-refractivity contribution in [1.29, 1.82) is 0 Å². The van der Waals surface area contributed by atoms with E-state index in [-0.39, 0.29) is 11.3 Å². The Balaban J connectivity index is 1.27. The number of carbonyl (C=O) groups excluding carboxylic acids is 1. The predicted octanol–water partition coefficient (Wildman–Crippen LogP) is 5.54. The average Bonchev–Trinajstić information content (AvgIpc) is 3.16. The van der Waals surface area contributed by atoms with Crippen LogP contribution in [0.15, 0.2) is 18.3 Å². The molecule has 0 amide bonds. The highest BCUT2D eigenvalue weighted by atomic mass is 16.5. The molecule has 0 bridgehead atoms. The van der Waals surface area contributed by atoms with E-state index in [2.05, 4.69) is 24.9 Å². The standard InChI is InChI=1S/C29H43NO3/c1-4-33-18-29(32)14-12-21-20(17-29)7-8-23-22(21)11-13-28(3)24(23)9-10-25(28)27(31)16-26-19(2)6-5-15-30-26/h5-6,15,20-25,32H,4,7-14,16-18H2,1-3H3/t20-,21+,22-,23-,24+,25-,28+,29-/m1/s1. The summed E-state index contributed by atoms with van der Waals surface area (Å²) in [6.45, 7) is 7.71. The maximum absolute atomic E-state index is 13.5. The van der Waals surface area contributed by atoms with Crippen LogP contribution in [0.5, 0.6) is 0 Å². The normalized spacial score (nSPS) is 42.3. The van der Waals surface area contributed by atoms with E-state index in [1.807, 2.05) is 19.2 Å². The third-order valence-electron chi connectivity index (χ3n) is 10.5. The molecule has 4 nitrogen and oxygen atoms in total. The minimum absolute atomic E-state index is 0.165. The molecule has 182 valence electrons. The van der Waals surface area contributed by atoms with Crippen molar-refractivity contribution in [3.63, 3.8) is 0 Å². The predicted molar refractivity (Wildman–Crippen MR) is 130 cm³/mol. The van der Waals surface area contributed by atoms with Crippen molar-refractivity contribution in [3.8, 4) is 0 Å². The van der Waals surface area contributed by atoms with E-state index >= 15 is 0 Å². The van der Waals surface area contributed by atoms with Gasteiger partial charge in [-0.3, -0.25) is 9.78 Å². The molecule has 1 N–H and O–H groups in total. The highest BCUT2D eigenvalue weighted by Crippen LogP contribution is 2.64. The Morgan fingerprint density at radius 2 is 1.94 bits per heavy atom. The molecule has 4 heteroatoms. The molecule has 0 radical (unpaired) electrons. The van der Waals surface area contributed by atoms with Crippen molar-refractivity contribution >= 4 is 5.78 Å². The summed E-state index contributed by atoms with van der Waals surface area (Å²) in [5.41, 5.74) is 1.65. The van der Waals surface area contributed by atoms with Crippen LogP contribution in [0, 0.1) is 47.8 Å². The van der Waals surface area contributed by atoms with Crippen LogP contribution in [0.25, 0.3) is 0 Å². The molecule has 1 heterocycles. The van der Waals surface area contributed by atoms with Gasteiger partial charge in [0, 0.05) is 25.1 Å². The van der Waals surface area contributed by atoms with Crippen molar-refractivity contribution in [2.24, 2.45) is 40.9 Å². The quantitative estimate of drug-likeness (QED) is 0.614. The van der Waals surface area contributed by atoms with Gasteiger partial charge in [-0.15, -0.1) is 0 Å². The summed E-state index contributed by atoms with van der Waals surface area (Å²) in [6, 6.07) is 4.02. The van der Waals surface area contributed by atoms with E-state index in [1.54, 1.807) is 0 Å². The third kappa shape index (κ3) is 4.20. The highest BCUT2D eigenvalue weighted by molar-refractivity contribution is 5.84. The maximum Gasteiger partial charge on any atom is 0.142 e. The Labute approximate surface area is 199 Å². The van der Waals surface area contributed by atoms with Gasteiger partial charge in [0.05, 0.1) is 17.9 Å². The number of aromatic nitrogens is 1. The number of Topliss-reactive ketones (excluding diaryl/α,β-unsaturated/α-hetero) is 1. The van der Waals surface area contributed by atoms with Crippen molar-refractivity contribution in [1.82, 2.24) is 4.98 Å². The molecule has 8 atom stereocenters. The Hall–Kier alpha value is -1.26. The molecular formula is C29H43NO3. The average molecular weight is 454 g/mol. The van der Waals surface area contributed by atoms with Crippen molar-refractivity contribution in [2.75, 3.05) is 13.2 Å². The summed E-state index contributed by atoms with van der Waals surface area (Å²) < 4.78 is 5.63. The molecular weight excluding hydrogens is 410 g/mol. The number of carbonyl (C=O) groups is 1. The van der Waals surface area contributed by atoms with E-state index in [1.165, 1.54) is 32.1 Å². The van der Waals surface area contributed by atoms with Crippen LogP contribution in [0.3, 0.4) is 0 Å². The number of fused-ring (bicyclic) bond motifs is 5. The van der Waals surface area contributed by atoms with Crippen LogP contribution in [-0.4, -0.2) is 34.7 Å². The minimum Gasteiger partial charge on any atom is -0.387 e. The fourth-order valence-corrected chi connectivity index (χ4v) is 8.91. The summed E-state index contributed by atoms with van der Waals surface area (Å²) in [5, 5.41) is 11.1. The van der Waals surface area contributed by atoms with E-state index in [9.17, 15) is 9.90 Å². The van der Waals surface area contributed by atoms with Crippen LogP contribution in [0.4, 0.5) is 0 Å². The number of aryl methyl sites for hydroxylation is 1. The molecule has 4 saturated carbocycles. The first kappa shape index (κ1) is 23.5. The molecule has 33 heavy (non-hydrogen) atoms. The Morgan fingerprint density at radius 3 is 2.73 bits per heavy atom. The fourth-order valence-electron chi connectivity index (χ4n) is 8.91. The molecule has 5 rings (SSSR count). The number of nitrogens with zero attached hydrogens (tertiary/aromatic N) is 1. The number of rotatable bonds is 6. The lowest BCUT2D eigenvalue weighted by atomic mass is 9.49. The SMILES string of the molecule is CCOC[C@@]1(O)CC[C@H]2[C@H](CC[C@@H]3[C@@H]2CC[C@]2(C)[C@@H](C(=O)Cc4ncccc4C)CC[C@@H]32)C1. The maximum atomic E-state index is 13.5. The summed E-state index contributed by atoms with van der Waals surface area (Å²) in [4.78, 5) is 18.0. The molecule has 1 aromatic rings. The minimum atomic E-state index is -0.609. The van der Waals surface area contributed by atoms with Gasteiger partial charge in [0.1, 0.15) is 5.78 Å². The smallest absolute Gasteiger partial charge is 0.142 e. The number of hydrogen-bond acceptors (Lipinski definition) is 4. The van der Waals surface area contributed by atoms with Gasteiger partial charge < -0.3 is 9.84 Å². The number of ketones is 1. The summed E-state index contributed by atoms with van der Waals surface area (Å²) in [7, 11) is 0. The second-order valence-electron chi connectivity index (χ2n) is 12.1. The van der Waals surface area contributed by atoms with E-state index < -0.39 is 5.60 Å². The first-order chi connectivity index (χ1) is 15.8. The van der Waals surface area contributed by atoms with Crippen LogP contribution < -0.4 is 0 Å². The first-order valence-electron chi connectivity index (χ1n) is 13.6. The fraction of sp³-hybridized carbons (Fsp3) is 0.793. The van der Waals surface area contributed by atoms with Crippen LogP contribution in [0.1, 0.15) is 82.9 Å². The Morgan fingerprint density at radius 1 is 1.12 bits per heavy atom. The first-order valence-corrected chi connectivity index (χ1v) is 13.6. The number of aliphatic hydroxyl groups is 1. The topological polar surface area (TPSA) is 59.4 Å². The monoisotopic (exact) mass is 453 g/mol. The van der Waals surface area contributed by atoms with Gasteiger partial charge in [0.2, 0.25) is 0 Å². The molecule has 0 aliphatic heterocycles. The second kappa shape index (κ2) is 9.07. The van der Waals surface area contributed by atoms with Gasteiger partial charge in [-0.25, -0.2) is 0 Å². The largest absolute Gasteiger partial charge is 0.387 e. The molecule has 0 spiro atoms. The summed E-state index contributed by atoms with van der Waals surface area (Å²) in [6.07, 6.45) is 12.6. The molecule has 0 unspecified atom stereocenters. The zero-order valence-electron chi connectivity index (χ0n) is 20.9. The van der Waals surface area contributed by atoms with Gasteiger partial charge in [-0.2, -0.15) is 0 Å². The van der Waals surface area contributed by atoms with E-state index in [4.69, 9.17) is 4.74 Å². The number of ether oxygens (including phenoxy) is 1. The molecule has 0 saturated heterocycles. The van der Waals surface area contributed by atoms with Gasteiger partial charge in [0.25, 0.3) is 0 Å². The number of hydrogen-bond donors (Lipinski definition) is 1. The zero-order chi connectivity index (χ0) is 23.2. The third-order valence-corrected chi connectivity index (χ3v) is 10.5. The lowest BCUT2D eigenvalue weighted by molar-refractivity contribution is -0.137. The van der Waals surface area contributed by atoms with Gasteiger partial charge in [-0.05, 0) is 118 Å². The Kier molecular flexibility index (Phi) is 6.46. The van der Waals surface area contributed by atoms with Crippen molar-refractivity contribution in [2.45, 2.75) is 90.6 Å². The molecule has 0 aromatic carbocycles. The van der Waals surface area contributed by atoms with Crippen LogP contribution >= 0.6 is 0 Å². The van der Waals surface area contributed by atoms with Crippen molar-refractivity contribution in [3.05, 3.63) is 29.6 Å². The molecule has 1 aromatic heterocycles. The second-order valence-corrected chi connectivity index (χ2v) is 12.1. The number of pyridine rings is 1. The van der Waals surface area contributed by atoms with Gasteiger partial charge in [0.15, 0.2) is 0 Å². The molecule has 4 aliphatic carbocycles. The summed E-state index contributed by atoms with van der Waals surface area (Å²) in [5.74, 6) is 4.31. The van der Waals surface area contributed by atoms with E-state index in [0.717, 1.165) is 54.7 Å². The molecule has 4 aliphatic rings. The lowest BCUT2D eigenvalue weighted by Crippen LogP contribution is -2.52. The highest BCUT2D eigenvalue weighted by Gasteiger charge is 2.58. The van der Waals surface area contributed by atoms with Gasteiger partial charge >= 0.3 is 0 Å². The van der Waals surface area contributed by atoms with Crippen molar-refractivity contribution < 1.29 is 14.6 Å². The zero-order valence-corrected chi connectivity index (χ0v) is 20.9. The summed E-state index contributed by atoms with van der Waals surface area (Å²) >= 11 is 0.